The minimum absolute atomic E-state index is 0. The highest BCUT2D eigenvalue weighted by atomic mass is 14.5. The highest BCUT2D eigenvalue weighted by Crippen LogP contribution is 2.49. The Morgan fingerprint density at radius 3 is 2.28 bits per heavy atom. The van der Waals surface area contributed by atoms with Gasteiger partial charge in [-0.3, -0.25) is 0 Å². The Hall–Kier alpha value is -1.22. The van der Waals surface area contributed by atoms with Crippen molar-refractivity contribution in [2.45, 2.75) is 53.4 Å². The van der Waals surface area contributed by atoms with Gasteiger partial charge in [0, 0.05) is 11.0 Å². The molecule has 0 bridgehead atoms. The van der Waals surface area contributed by atoms with Gasteiger partial charge >= 0.3 is 0 Å². The van der Waals surface area contributed by atoms with E-state index < -0.39 is 0 Å². The minimum Gasteiger partial charge on any atom is -0.115 e. The summed E-state index contributed by atoms with van der Waals surface area (Å²) in [6, 6.07) is 6.50. The van der Waals surface area contributed by atoms with Crippen molar-refractivity contribution < 1.29 is 0 Å². The van der Waals surface area contributed by atoms with E-state index in [1.165, 1.54) is 17.5 Å². The Balaban J connectivity index is 0.00000162. The normalized spacial score (nSPS) is 16.3. The van der Waals surface area contributed by atoms with Crippen molar-refractivity contribution in [3.8, 4) is 12.3 Å². The molecule has 0 aromatic heterocycles. The minimum atomic E-state index is 0. The molecule has 0 heterocycles. The summed E-state index contributed by atoms with van der Waals surface area (Å²) in [5.74, 6) is 4.17. The summed E-state index contributed by atoms with van der Waals surface area (Å²) in [6.07, 6.45) is 8.00. The van der Waals surface area contributed by atoms with Crippen LogP contribution in [0.25, 0.3) is 0 Å². The van der Waals surface area contributed by atoms with Crippen LogP contribution in [0.2, 0.25) is 0 Å². The number of fused-ring (bicyclic) bond motifs is 1. The molecule has 0 N–H and O–H groups in total. The van der Waals surface area contributed by atoms with Crippen molar-refractivity contribution in [1.29, 1.82) is 0 Å². The molecule has 0 saturated heterocycles. The van der Waals surface area contributed by atoms with E-state index in [4.69, 9.17) is 6.42 Å². The van der Waals surface area contributed by atoms with Gasteiger partial charge in [0.1, 0.15) is 0 Å². The molecule has 98 valence electrons. The summed E-state index contributed by atoms with van der Waals surface area (Å²) in [7, 11) is 0. The zero-order valence-corrected chi connectivity index (χ0v) is 11.4. The highest BCUT2D eigenvalue weighted by Gasteiger charge is 2.44. The van der Waals surface area contributed by atoms with E-state index >= 15 is 0 Å². The van der Waals surface area contributed by atoms with E-state index in [0.29, 0.717) is 17.3 Å². The van der Waals surface area contributed by atoms with Crippen molar-refractivity contribution in [1.82, 2.24) is 0 Å². The second-order valence-corrected chi connectivity index (χ2v) is 5.83. The van der Waals surface area contributed by atoms with Crippen LogP contribution >= 0.6 is 0 Å². The Kier molecular flexibility index (Phi) is 4.28. The molecule has 0 radical (unpaired) electrons. The fraction of sp³-hybridized carbons (Fsp3) is 0.556. The second-order valence-electron chi connectivity index (χ2n) is 5.83. The van der Waals surface area contributed by atoms with Gasteiger partial charge in [-0.25, -0.2) is 0 Å². The van der Waals surface area contributed by atoms with E-state index in [1.807, 2.05) is 0 Å². The lowest BCUT2D eigenvalue weighted by atomic mass is 9.65. The predicted molar refractivity (Wildman–Crippen MR) is 80.8 cm³/mol. The standard InChI is InChI=1S/C17H22.CH4/c1-6-14-8-7-9-16-15(14)10-11-17(16,12(2)3)13(4)5;/h1,7-9,12-13H,10-11H2,2-5H3;1H4. The predicted octanol–water partition coefficient (Wildman–Crippen LogP) is 4.80. The monoisotopic (exact) mass is 242 g/mol. The average Bonchev–Trinajstić information content (AvgIpc) is 2.69. The molecule has 0 unspecified atom stereocenters. The number of hydrogen-bond donors (Lipinski definition) is 0. The van der Waals surface area contributed by atoms with Crippen LogP contribution in [0.15, 0.2) is 18.2 Å². The van der Waals surface area contributed by atoms with Crippen LogP contribution in [0.1, 0.15) is 58.2 Å². The number of terminal acetylenes is 1. The molecule has 0 aliphatic heterocycles. The van der Waals surface area contributed by atoms with Gasteiger partial charge in [0.2, 0.25) is 0 Å². The molecule has 0 saturated carbocycles. The maximum Gasteiger partial charge on any atom is 0.0277 e. The largest absolute Gasteiger partial charge is 0.115 e. The Bertz CT molecular complexity index is 449. The fourth-order valence-electron chi connectivity index (χ4n) is 3.76. The highest BCUT2D eigenvalue weighted by molar-refractivity contribution is 5.51. The van der Waals surface area contributed by atoms with Crippen LogP contribution in [-0.2, 0) is 11.8 Å². The van der Waals surface area contributed by atoms with Gasteiger partial charge in [-0.2, -0.15) is 0 Å². The van der Waals surface area contributed by atoms with Gasteiger partial charge in [-0.05, 0) is 41.9 Å². The first-order valence-corrected chi connectivity index (χ1v) is 6.63. The summed E-state index contributed by atoms with van der Waals surface area (Å²) >= 11 is 0. The Morgan fingerprint density at radius 1 is 1.17 bits per heavy atom. The summed E-state index contributed by atoms with van der Waals surface area (Å²) in [5.41, 5.74) is 4.36. The van der Waals surface area contributed by atoms with Crippen LogP contribution in [0, 0.1) is 24.2 Å². The molecule has 0 heteroatoms. The first-order valence-electron chi connectivity index (χ1n) is 6.63. The van der Waals surface area contributed by atoms with Gasteiger partial charge in [0.25, 0.3) is 0 Å². The van der Waals surface area contributed by atoms with Crippen LogP contribution < -0.4 is 0 Å². The van der Waals surface area contributed by atoms with E-state index in [0.717, 1.165) is 12.0 Å². The van der Waals surface area contributed by atoms with Crippen molar-refractivity contribution in [2.75, 3.05) is 0 Å². The summed E-state index contributed by atoms with van der Waals surface area (Å²) in [5, 5.41) is 0. The Morgan fingerprint density at radius 2 is 1.78 bits per heavy atom. The molecular weight excluding hydrogens is 216 g/mol. The maximum absolute atomic E-state index is 5.61. The fourth-order valence-corrected chi connectivity index (χ4v) is 3.76. The van der Waals surface area contributed by atoms with Gasteiger partial charge in [0.15, 0.2) is 0 Å². The van der Waals surface area contributed by atoms with Gasteiger partial charge in [-0.1, -0.05) is 53.2 Å². The average molecular weight is 242 g/mol. The molecule has 0 nitrogen and oxygen atoms in total. The molecule has 2 rings (SSSR count). The summed E-state index contributed by atoms with van der Waals surface area (Å²) in [4.78, 5) is 0. The lowest BCUT2D eigenvalue weighted by molar-refractivity contribution is 0.218. The topological polar surface area (TPSA) is 0 Å². The van der Waals surface area contributed by atoms with Crippen molar-refractivity contribution in [2.24, 2.45) is 11.8 Å². The lowest BCUT2D eigenvalue weighted by Gasteiger charge is -2.39. The first kappa shape index (κ1) is 14.8. The van der Waals surface area contributed by atoms with E-state index in [9.17, 15) is 0 Å². The second kappa shape index (κ2) is 5.19. The number of hydrogen-bond acceptors (Lipinski definition) is 0. The maximum atomic E-state index is 5.61. The molecule has 0 amide bonds. The summed E-state index contributed by atoms with van der Waals surface area (Å²) < 4.78 is 0. The zero-order valence-electron chi connectivity index (χ0n) is 11.4. The van der Waals surface area contributed by atoms with Crippen molar-refractivity contribution >= 4 is 0 Å². The van der Waals surface area contributed by atoms with E-state index in [-0.39, 0.29) is 7.43 Å². The van der Waals surface area contributed by atoms with Crippen molar-refractivity contribution in [3.63, 3.8) is 0 Å². The smallest absolute Gasteiger partial charge is 0.0277 e. The molecular formula is C18H26. The van der Waals surface area contributed by atoms with Crippen LogP contribution in [-0.4, -0.2) is 0 Å². The molecule has 0 spiro atoms. The number of benzene rings is 1. The lowest BCUT2D eigenvalue weighted by Crippen LogP contribution is -2.35. The van der Waals surface area contributed by atoms with Crippen LogP contribution in [0.3, 0.4) is 0 Å². The Labute approximate surface area is 113 Å². The molecule has 18 heavy (non-hydrogen) atoms. The molecule has 0 fully saturated rings. The first-order chi connectivity index (χ1) is 8.04. The van der Waals surface area contributed by atoms with Gasteiger partial charge < -0.3 is 0 Å². The van der Waals surface area contributed by atoms with E-state index in [1.54, 1.807) is 0 Å². The number of rotatable bonds is 2. The molecule has 1 aromatic rings. The molecule has 0 atom stereocenters. The van der Waals surface area contributed by atoms with Crippen LogP contribution in [0.4, 0.5) is 0 Å². The molecule has 1 aliphatic rings. The third-order valence-electron chi connectivity index (χ3n) is 4.68. The van der Waals surface area contributed by atoms with Crippen molar-refractivity contribution in [3.05, 3.63) is 34.9 Å². The quantitative estimate of drug-likeness (QED) is 0.653. The zero-order chi connectivity index (χ0) is 12.6. The summed E-state index contributed by atoms with van der Waals surface area (Å²) in [6.45, 7) is 9.38. The SMILES string of the molecule is C.C#Cc1cccc2c1CCC2(C(C)C)C(C)C. The van der Waals surface area contributed by atoms with E-state index in [2.05, 4.69) is 51.8 Å². The van der Waals surface area contributed by atoms with Gasteiger partial charge in [-0.15, -0.1) is 6.42 Å². The van der Waals surface area contributed by atoms with Crippen LogP contribution in [0.5, 0.6) is 0 Å². The molecule has 1 aromatic carbocycles. The molecule has 1 aliphatic carbocycles. The third-order valence-corrected chi connectivity index (χ3v) is 4.68. The third kappa shape index (κ3) is 1.87. The van der Waals surface area contributed by atoms with Gasteiger partial charge in [0.05, 0.1) is 0 Å².